The predicted octanol–water partition coefficient (Wildman–Crippen LogP) is 4.59. The topological polar surface area (TPSA) is 72.5 Å². The number of carbonyl (C=O) groups is 3. The lowest BCUT2D eigenvalue weighted by Gasteiger charge is -2.20. The maximum atomic E-state index is 13.0. The van der Waals surface area contributed by atoms with Gasteiger partial charge in [0.2, 0.25) is 11.7 Å². The first-order chi connectivity index (χ1) is 14.5. The van der Waals surface area contributed by atoms with E-state index in [0.29, 0.717) is 11.3 Å². The summed E-state index contributed by atoms with van der Waals surface area (Å²) in [5, 5.41) is 2.65. The molecule has 0 unspecified atom stereocenters. The number of rotatable bonds is 7. The summed E-state index contributed by atoms with van der Waals surface area (Å²) >= 11 is 0. The number of carbonyl (C=O) groups excluding carboxylic acids is 3. The normalized spacial score (nSPS) is 11.6. The van der Waals surface area contributed by atoms with Gasteiger partial charge < -0.3 is 10.1 Å². The van der Waals surface area contributed by atoms with E-state index in [9.17, 15) is 14.4 Å². The van der Waals surface area contributed by atoms with Crippen molar-refractivity contribution in [2.45, 2.75) is 25.9 Å². The van der Waals surface area contributed by atoms with Gasteiger partial charge in [-0.1, -0.05) is 60.7 Å². The first kappa shape index (κ1) is 21.0. The highest BCUT2D eigenvalue weighted by Gasteiger charge is 2.28. The van der Waals surface area contributed by atoms with Crippen LogP contribution in [0.4, 0.5) is 5.69 Å². The van der Waals surface area contributed by atoms with E-state index in [1.807, 2.05) is 60.7 Å². The second-order valence-electron chi connectivity index (χ2n) is 6.96. The van der Waals surface area contributed by atoms with Crippen molar-refractivity contribution >= 4 is 23.3 Å². The Morgan fingerprint density at radius 1 is 0.767 bits per heavy atom. The van der Waals surface area contributed by atoms with Crippen molar-refractivity contribution < 1.29 is 19.1 Å². The highest BCUT2D eigenvalue weighted by atomic mass is 16.5. The molecule has 152 valence electrons. The number of esters is 1. The Morgan fingerprint density at radius 2 is 1.27 bits per heavy atom. The lowest BCUT2D eigenvalue weighted by molar-refractivity contribution is -0.147. The van der Waals surface area contributed by atoms with E-state index in [2.05, 4.69) is 5.32 Å². The maximum absolute atomic E-state index is 13.0. The molecule has 0 fully saturated rings. The van der Waals surface area contributed by atoms with Crippen molar-refractivity contribution in [3.05, 3.63) is 102 Å². The molecule has 5 nitrogen and oxygen atoms in total. The van der Waals surface area contributed by atoms with Crippen LogP contribution in [0.15, 0.2) is 84.9 Å². The molecular weight excluding hydrogens is 378 g/mol. The number of benzene rings is 3. The minimum atomic E-state index is -0.945. The molecule has 0 saturated heterocycles. The molecular formula is C25H23NO4. The van der Waals surface area contributed by atoms with Crippen LogP contribution < -0.4 is 5.32 Å². The van der Waals surface area contributed by atoms with E-state index in [4.69, 9.17) is 4.74 Å². The zero-order valence-electron chi connectivity index (χ0n) is 16.9. The van der Waals surface area contributed by atoms with Crippen molar-refractivity contribution in [2.75, 3.05) is 5.32 Å². The molecule has 3 rings (SSSR count). The van der Waals surface area contributed by atoms with Gasteiger partial charge in [0, 0.05) is 18.2 Å². The van der Waals surface area contributed by atoms with E-state index in [1.165, 1.54) is 6.92 Å². The zero-order chi connectivity index (χ0) is 21.5. The minimum absolute atomic E-state index is 0.191. The van der Waals surface area contributed by atoms with Crippen LogP contribution in [-0.4, -0.2) is 23.8 Å². The third kappa shape index (κ3) is 5.20. The van der Waals surface area contributed by atoms with Gasteiger partial charge in [0.15, 0.2) is 6.10 Å². The van der Waals surface area contributed by atoms with Gasteiger partial charge in [-0.2, -0.15) is 0 Å². The molecule has 30 heavy (non-hydrogen) atoms. The number of anilines is 1. The van der Waals surface area contributed by atoms with Crippen molar-refractivity contribution in [2.24, 2.45) is 0 Å². The highest BCUT2D eigenvalue weighted by molar-refractivity contribution is 6.01. The third-order valence-corrected chi connectivity index (χ3v) is 4.65. The standard InChI is InChI=1S/C25H23NO4/c1-17(24(28)21-13-15-22(16-14-21)26-18(2)27)30-25(29)23(19-9-5-3-6-10-19)20-11-7-4-8-12-20/h3-17,23H,1-2H3,(H,26,27)/t17-/m0/s1. The number of ether oxygens (including phenoxy) is 1. The third-order valence-electron chi connectivity index (χ3n) is 4.65. The van der Waals surface area contributed by atoms with E-state index in [-0.39, 0.29) is 11.7 Å². The lowest BCUT2D eigenvalue weighted by Crippen LogP contribution is -2.28. The number of hydrogen-bond acceptors (Lipinski definition) is 4. The van der Waals surface area contributed by atoms with Crippen molar-refractivity contribution in [1.29, 1.82) is 0 Å². The van der Waals surface area contributed by atoms with Crippen LogP contribution in [0.2, 0.25) is 0 Å². The van der Waals surface area contributed by atoms with Crippen molar-refractivity contribution in [1.82, 2.24) is 0 Å². The van der Waals surface area contributed by atoms with E-state index in [0.717, 1.165) is 11.1 Å². The SMILES string of the molecule is CC(=O)Nc1ccc(C(=O)[C@H](C)OC(=O)C(c2ccccc2)c2ccccc2)cc1. The van der Waals surface area contributed by atoms with Gasteiger partial charge in [-0.05, 0) is 42.3 Å². The monoisotopic (exact) mass is 401 g/mol. The number of Topliss-reactive ketones (excluding diaryl/α,β-unsaturated/α-hetero) is 1. The van der Waals surface area contributed by atoms with Crippen molar-refractivity contribution in [3.63, 3.8) is 0 Å². The molecule has 1 amide bonds. The molecule has 0 spiro atoms. The molecule has 0 radical (unpaired) electrons. The average molecular weight is 401 g/mol. The summed E-state index contributed by atoms with van der Waals surface area (Å²) in [7, 11) is 0. The van der Waals surface area contributed by atoms with E-state index in [1.54, 1.807) is 31.2 Å². The lowest BCUT2D eigenvalue weighted by atomic mass is 9.91. The molecule has 0 heterocycles. The second-order valence-corrected chi connectivity index (χ2v) is 6.96. The fourth-order valence-corrected chi connectivity index (χ4v) is 3.21. The number of amides is 1. The Hall–Kier alpha value is -3.73. The maximum Gasteiger partial charge on any atom is 0.318 e. The number of nitrogens with one attached hydrogen (secondary N) is 1. The Morgan fingerprint density at radius 3 is 1.73 bits per heavy atom. The van der Waals surface area contributed by atoms with Crippen LogP contribution in [0, 0.1) is 0 Å². The Kier molecular flexibility index (Phi) is 6.75. The zero-order valence-corrected chi connectivity index (χ0v) is 16.9. The Bertz CT molecular complexity index is 975. The summed E-state index contributed by atoms with van der Waals surface area (Å²) in [6.45, 7) is 2.98. The second kappa shape index (κ2) is 9.65. The molecule has 0 aliphatic heterocycles. The van der Waals surface area contributed by atoms with Gasteiger partial charge >= 0.3 is 5.97 Å². The smallest absolute Gasteiger partial charge is 0.318 e. The largest absolute Gasteiger partial charge is 0.454 e. The number of hydrogen-bond donors (Lipinski definition) is 1. The molecule has 0 bridgehead atoms. The van der Waals surface area contributed by atoms with E-state index < -0.39 is 18.0 Å². The van der Waals surface area contributed by atoms with Crippen LogP contribution in [-0.2, 0) is 14.3 Å². The molecule has 1 N–H and O–H groups in total. The van der Waals surface area contributed by atoms with Crippen LogP contribution in [0.25, 0.3) is 0 Å². The average Bonchev–Trinajstić information content (AvgIpc) is 2.75. The van der Waals surface area contributed by atoms with Crippen LogP contribution in [0.1, 0.15) is 41.3 Å². The van der Waals surface area contributed by atoms with Gasteiger partial charge in [0.25, 0.3) is 0 Å². The summed E-state index contributed by atoms with van der Waals surface area (Å²) in [5.74, 6) is -1.60. The highest BCUT2D eigenvalue weighted by Crippen LogP contribution is 2.27. The van der Waals surface area contributed by atoms with Gasteiger partial charge in [0.05, 0.1) is 0 Å². The van der Waals surface area contributed by atoms with Crippen LogP contribution in [0.3, 0.4) is 0 Å². The van der Waals surface area contributed by atoms with Crippen LogP contribution in [0.5, 0.6) is 0 Å². The van der Waals surface area contributed by atoms with Gasteiger partial charge in [-0.15, -0.1) is 0 Å². The molecule has 0 aliphatic carbocycles. The summed E-state index contributed by atoms with van der Waals surface area (Å²) in [6, 6.07) is 25.2. The summed E-state index contributed by atoms with van der Waals surface area (Å²) in [6.07, 6.45) is -0.945. The first-order valence-corrected chi connectivity index (χ1v) is 9.68. The molecule has 1 atom stereocenters. The molecule has 0 aromatic heterocycles. The quantitative estimate of drug-likeness (QED) is 0.464. The predicted molar refractivity (Wildman–Crippen MR) is 115 cm³/mol. The minimum Gasteiger partial charge on any atom is -0.454 e. The molecule has 0 saturated carbocycles. The van der Waals surface area contributed by atoms with Gasteiger partial charge in [-0.25, -0.2) is 0 Å². The Balaban J connectivity index is 1.76. The summed E-state index contributed by atoms with van der Waals surface area (Å²) in [4.78, 5) is 36.9. The molecule has 0 aliphatic rings. The summed E-state index contributed by atoms with van der Waals surface area (Å²) in [5.41, 5.74) is 2.60. The first-order valence-electron chi connectivity index (χ1n) is 9.68. The van der Waals surface area contributed by atoms with E-state index >= 15 is 0 Å². The van der Waals surface area contributed by atoms with Crippen molar-refractivity contribution in [3.8, 4) is 0 Å². The molecule has 3 aromatic carbocycles. The Labute approximate surface area is 175 Å². The summed E-state index contributed by atoms with van der Waals surface area (Å²) < 4.78 is 5.57. The molecule has 5 heteroatoms. The molecule has 3 aromatic rings. The van der Waals surface area contributed by atoms with Gasteiger partial charge in [0.1, 0.15) is 5.92 Å². The fourth-order valence-electron chi connectivity index (χ4n) is 3.21. The number of ketones is 1. The van der Waals surface area contributed by atoms with Crippen LogP contribution >= 0.6 is 0 Å². The fraction of sp³-hybridized carbons (Fsp3) is 0.160. The van der Waals surface area contributed by atoms with Gasteiger partial charge in [-0.3, -0.25) is 14.4 Å².